The Labute approximate surface area is 168 Å². The number of carbonyl (C=O) groups is 1. The monoisotopic (exact) mass is 382 g/mol. The van der Waals surface area contributed by atoms with Gasteiger partial charge in [0.15, 0.2) is 0 Å². The first-order chi connectivity index (χ1) is 13.5. The van der Waals surface area contributed by atoms with Crippen LogP contribution in [0.15, 0.2) is 18.2 Å². The summed E-state index contributed by atoms with van der Waals surface area (Å²) in [6.45, 7) is 8.68. The van der Waals surface area contributed by atoms with Crippen molar-refractivity contribution in [1.29, 1.82) is 0 Å². The Balaban J connectivity index is 1.61. The summed E-state index contributed by atoms with van der Waals surface area (Å²) in [5.41, 5.74) is 3.30. The molecule has 1 N–H and O–H groups in total. The van der Waals surface area contributed by atoms with Gasteiger partial charge in [0.05, 0.1) is 0 Å². The first kappa shape index (κ1) is 20.6. The molecule has 0 unspecified atom stereocenters. The molecule has 0 radical (unpaired) electrons. The van der Waals surface area contributed by atoms with Crippen LogP contribution in [-0.4, -0.2) is 20.7 Å². The van der Waals surface area contributed by atoms with Gasteiger partial charge in [0.2, 0.25) is 5.91 Å². The normalized spacial score (nSPS) is 13.9. The van der Waals surface area contributed by atoms with Gasteiger partial charge in [0.25, 0.3) is 0 Å². The van der Waals surface area contributed by atoms with Crippen LogP contribution < -0.4 is 5.32 Å². The van der Waals surface area contributed by atoms with Gasteiger partial charge in [-0.15, -0.1) is 10.2 Å². The van der Waals surface area contributed by atoms with Crippen LogP contribution in [0.5, 0.6) is 0 Å². The molecule has 0 spiro atoms. The van der Waals surface area contributed by atoms with E-state index >= 15 is 0 Å². The Morgan fingerprint density at radius 3 is 2.54 bits per heavy atom. The van der Waals surface area contributed by atoms with Gasteiger partial charge in [0, 0.05) is 31.0 Å². The first-order valence-corrected chi connectivity index (χ1v) is 10.8. The molecule has 1 aliphatic rings. The van der Waals surface area contributed by atoms with Crippen molar-refractivity contribution >= 4 is 11.6 Å². The van der Waals surface area contributed by atoms with Crippen molar-refractivity contribution in [2.45, 2.75) is 85.1 Å². The molecule has 2 aromatic rings. The van der Waals surface area contributed by atoms with Crippen LogP contribution in [0.1, 0.15) is 81.7 Å². The second-order valence-electron chi connectivity index (χ2n) is 8.51. The molecule has 0 bridgehead atoms. The number of hydrogen-bond donors (Lipinski definition) is 1. The number of carbonyl (C=O) groups excluding carboxylic acids is 1. The highest BCUT2D eigenvalue weighted by atomic mass is 16.1. The maximum Gasteiger partial charge on any atom is 0.224 e. The predicted molar refractivity (Wildman–Crippen MR) is 114 cm³/mol. The number of rotatable bonds is 10. The predicted octanol–water partition coefficient (Wildman–Crippen LogP) is 5.03. The molecule has 0 saturated heterocycles. The Kier molecular flexibility index (Phi) is 6.87. The Hall–Kier alpha value is -2.17. The zero-order chi connectivity index (χ0) is 20.1. The lowest BCUT2D eigenvalue weighted by molar-refractivity contribution is -0.116. The minimum atomic E-state index is 0.0471. The highest BCUT2D eigenvalue weighted by molar-refractivity contribution is 5.91. The van der Waals surface area contributed by atoms with Gasteiger partial charge in [-0.3, -0.25) is 4.79 Å². The third-order valence-electron chi connectivity index (χ3n) is 5.38. The minimum Gasteiger partial charge on any atom is -0.326 e. The maximum atomic E-state index is 12.6. The molecule has 1 aliphatic carbocycles. The molecule has 3 rings (SSSR count). The second kappa shape index (κ2) is 9.35. The molecule has 152 valence electrons. The fraction of sp³-hybridized carbons (Fsp3) is 0.609. The van der Waals surface area contributed by atoms with Gasteiger partial charge in [-0.1, -0.05) is 39.3 Å². The zero-order valence-electron chi connectivity index (χ0n) is 17.8. The number of nitrogens with one attached hydrogen (secondary N) is 1. The van der Waals surface area contributed by atoms with E-state index < -0.39 is 0 Å². The van der Waals surface area contributed by atoms with Crippen LogP contribution in [0.25, 0.3) is 0 Å². The van der Waals surface area contributed by atoms with Crippen molar-refractivity contribution in [3.63, 3.8) is 0 Å². The van der Waals surface area contributed by atoms with Gasteiger partial charge < -0.3 is 9.88 Å². The van der Waals surface area contributed by atoms with Gasteiger partial charge in [-0.05, 0) is 55.7 Å². The number of benzene rings is 1. The summed E-state index contributed by atoms with van der Waals surface area (Å²) in [4.78, 5) is 12.6. The fourth-order valence-electron chi connectivity index (χ4n) is 3.56. The van der Waals surface area contributed by atoms with Crippen LogP contribution in [-0.2, 0) is 24.1 Å². The first-order valence-electron chi connectivity index (χ1n) is 10.8. The molecule has 1 aromatic heterocycles. The van der Waals surface area contributed by atoms with Crippen LogP contribution in [0.2, 0.25) is 0 Å². The van der Waals surface area contributed by atoms with Gasteiger partial charge in [-0.2, -0.15) is 0 Å². The number of amides is 1. The highest BCUT2D eigenvalue weighted by Gasteiger charge is 2.29. The zero-order valence-corrected chi connectivity index (χ0v) is 17.8. The van der Waals surface area contributed by atoms with Crippen LogP contribution in [0.3, 0.4) is 0 Å². The van der Waals surface area contributed by atoms with Crippen molar-refractivity contribution in [3.8, 4) is 0 Å². The second-order valence-corrected chi connectivity index (χ2v) is 8.51. The molecular formula is C23H34N4O. The van der Waals surface area contributed by atoms with Crippen molar-refractivity contribution in [1.82, 2.24) is 14.8 Å². The standard InChI is InChI=1S/C23H34N4O/c1-5-6-18-9-8-17(4)20(15-18)24-23(28)14-13-22-26-25-21(12-7-16(2)3)27(22)19-10-11-19/h8-9,15-16,19H,5-7,10-14H2,1-4H3,(H,24,28). The number of anilines is 1. The van der Waals surface area contributed by atoms with Gasteiger partial charge >= 0.3 is 0 Å². The largest absolute Gasteiger partial charge is 0.326 e. The SMILES string of the molecule is CCCc1ccc(C)c(NC(=O)CCc2nnc(CCC(C)C)n2C2CC2)c1. The van der Waals surface area contributed by atoms with E-state index in [4.69, 9.17) is 0 Å². The van der Waals surface area contributed by atoms with Crippen molar-refractivity contribution in [3.05, 3.63) is 41.0 Å². The molecule has 0 atom stereocenters. The maximum absolute atomic E-state index is 12.6. The molecule has 1 fully saturated rings. The summed E-state index contributed by atoms with van der Waals surface area (Å²) in [5, 5.41) is 12.0. The number of nitrogens with zero attached hydrogens (tertiary/aromatic N) is 3. The van der Waals surface area contributed by atoms with E-state index in [1.807, 2.05) is 6.92 Å². The van der Waals surface area contributed by atoms with Gasteiger partial charge in [-0.25, -0.2) is 0 Å². The van der Waals surface area contributed by atoms with Crippen molar-refractivity contribution < 1.29 is 4.79 Å². The average molecular weight is 383 g/mol. The lowest BCUT2D eigenvalue weighted by atomic mass is 10.1. The highest BCUT2D eigenvalue weighted by Crippen LogP contribution is 2.37. The molecule has 0 aliphatic heterocycles. The summed E-state index contributed by atoms with van der Waals surface area (Å²) in [6.07, 6.45) is 7.72. The van der Waals surface area contributed by atoms with E-state index in [-0.39, 0.29) is 5.91 Å². The fourth-order valence-corrected chi connectivity index (χ4v) is 3.56. The van der Waals surface area contributed by atoms with Gasteiger partial charge in [0.1, 0.15) is 11.6 Å². The van der Waals surface area contributed by atoms with E-state index in [9.17, 15) is 4.79 Å². The summed E-state index contributed by atoms with van der Waals surface area (Å²) in [5.74, 6) is 2.76. The van der Waals surface area contributed by atoms with Crippen LogP contribution in [0, 0.1) is 12.8 Å². The van der Waals surface area contributed by atoms with Crippen molar-refractivity contribution in [2.75, 3.05) is 5.32 Å². The molecule has 1 amide bonds. The molecule has 1 saturated carbocycles. The Bertz CT molecular complexity index is 805. The summed E-state index contributed by atoms with van der Waals surface area (Å²) < 4.78 is 2.31. The quantitative estimate of drug-likeness (QED) is 0.627. The lowest BCUT2D eigenvalue weighted by Crippen LogP contribution is -2.15. The summed E-state index contributed by atoms with van der Waals surface area (Å²) in [6, 6.07) is 6.88. The molecule has 1 heterocycles. The van der Waals surface area contributed by atoms with E-state index in [1.165, 1.54) is 18.4 Å². The van der Waals surface area contributed by atoms with E-state index in [1.54, 1.807) is 0 Å². The average Bonchev–Trinajstić information content (AvgIpc) is 3.41. The Morgan fingerprint density at radius 1 is 1.18 bits per heavy atom. The summed E-state index contributed by atoms with van der Waals surface area (Å²) >= 11 is 0. The van der Waals surface area contributed by atoms with Crippen LogP contribution in [0.4, 0.5) is 5.69 Å². The summed E-state index contributed by atoms with van der Waals surface area (Å²) in [7, 11) is 0. The van der Waals surface area contributed by atoms with E-state index in [0.717, 1.165) is 48.6 Å². The third kappa shape index (κ3) is 5.43. The molecule has 1 aromatic carbocycles. The molecular weight excluding hydrogens is 348 g/mol. The van der Waals surface area contributed by atoms with Crippen LogP contribution >= 0.6 is 0 Å². The molecule has 28 heavy (non-hydrogen) atoms. The number of aryl methyl sites for hydroxylation is 4. The minimum absolute atomic E-state index is 0.0471. The van der Waals surface area contributed by atoms with Crippen molar-refractivity contribution in [2.24, 2.45) is 5.92 Å². The smallest absolute Gasteiger partial charge is 0.224 e. The topological polar surface area (TPSA) is 59.8 Å². The third-order valence-corrected chi connectivity index (χ3v) is 5.38. The lowest BCUT2D eigenvalue weighted by Gasteiger charge is -2.12. The molecule has 5 heteroatoms. The van der Waals surface area contributed by atoms with E-state index in [2.05, 4.69) is 59.1 Å². The molecule has 5 nitrogen and oxygen atoms in total. The van der Waals surface area contributed by atoms with E-state index in [0.29, 0.717) is 24.8 Å². The number of hydrogen-bond acceptors (Lipinski definition) is 3. The Morgan fingerprint density at radius 2 is 1.89 bits per heavy atom. The number of aromatic nitrogens is 3.